The smallest absolute Gasteiger partial charge is 0.437 e. The molecule has 0 spiro atoms. The SMILES string of the molecule is O=C1N[C@@H](c2ccc(-c3ccccc3[N+](=O)[O-])o2)[C@H](C(=O)c2ccccc2)[C@@](O)(C(F)(F)F)N1. The van der Waals surface area contributed by atoms with Crippen LogP contribution in [-0.4, -0.2) is 33.7 Å². The average Bonchev–Trinajstić information content (AvgIpc) is 3.28. The van der Waals surface area contributed by atoms with Gasteiger partial charge in [-0.05, 0) is 18.2 Å². The highest BCUT2D eigenvalue weighted by atomic mass is 19.4. The minimum atomic E-state index is -5.42. The fourth-order valence-electron chi connectivity index (χ4n) is 3.86. The molecule has 0 radical (unpaired) electrons. The fraction of sp³-hybridized carbons (Fsp3) is 0.182. The predicted molar refractivity (Wildman–Crippen MR) is 110 cm³/mol. The minimum absolute atomic E-state index is 0.0380. The second-order valence-electron chi connectivity index (χ2n) is 7.52. The lowest BCUT2D eigenvalue weighted by atomic mass is 9.79. The second kappa shape index (κ2) is 8.30. The van der Waals surface area contributed by atoms with Gasteiger partial charge >= 0.3 is 12.2 Å². The van der Waals surface area contributed by atoms with Gasteiger partial charge in [-0.15, -0.1) is 0 Å². The number of nitro benzene ring substituents is 1. The van der Waals surface area contributed by atoms with Crippen molar-refractivity contribution in [1.29, 1.82) is 0 Å². The molecule has 3 N–H and O–H groups in total. The molecule has 1 aliphatic rings. The molecule has 12 heteroatoms. The Morgan fingerprint density at radius 2 is 1.71 bits per heavy atom. The predicted octanol–water partition coefficient (Wildman–Crippen LogP) is 3.96. The lowest BCUT2D eigenvalue weighted by Crippen LogP contribution is -2.72. The lowest BCUT2D eigenvalue weighted by molar-refractivity contribution is -0.384. The van der Waals surface area contributed by atoms with Gasteiger partial charge in [0.15, 0.2) is 5.78 Å². The number of nitrogens with one attached hydrogen (secondary N) is 2. The summed E-state index contributed by atoms with van der Waals surface area (Å²) in [6, 6.07) is 11.8. The Kier molecular flexibility index (Phi) is 5.61. The molecule has 4 rings (SSSR count). The molecule has 2 heterocycles. The molecule has 1 saturated heterocycles. The van der Waals surface area contributed by atoms with Crippen molar-refractivity contribution in [3.05, 3.63) is 88.2 Å². The van der Waals surface area contributed by atoms with E-state index in [1.807, 2.05) is 0 Å². The number of carbonyl (C=O) groups is 2. The Bertz CT molecular complexity index is 1260. The summed E-state index contributed by atoms with van der Waals surface area (Å²) in [4.78, 5) is 36.0. The van der Waals surface area contributed by atoms with E-state index >= 15 is 0 Å². The standard InChI is InChI=1S/C22H16F3N3O6/c23-22(24,25)21(31)17(19(29)12-6-2-1-3-7-12)18(26-20(30)27-21)16-11-10-15(34-16)13-8-4-5-9-14(13)28(32)33/h1-11,17-18,31H,(H2,26,27,30)/t17-,18+,21-/m1/s1. The van der Waals surface area contributed by atoms with Crippen molar-refractivity contribution in [3.63, 3.8) is 0 Å². The van der Waals surface area contributed by atoms with Gasteiger partial charge in [0.05, 0.1) is 10.5 Å². The Morgan fingerprint density at radius 3 is 2.35 bits per heavy atom. The van der Waals surface area contributed by atoms with Crippen LogP contribution >= 0.6 is 0 Å². The van der Waals surface area contributed by atoms with E-state index in [9.17, 15) is 38.0 Å². The molecular weight excluding hydrogens is 459 g/mol. The van der Waals surface area contributed by atoms with Crippen LogP contribution in [0.1, 0.15) is 22.2 Å². The fourth-order valence-corrected chi connectivity index (χ4v) is 3.86. The van der Waals surface area contributed by atoms with Crippen molar-refractivity contribution in [3.8, 4) is 11.3 Å². The van der Waals surface area contributed by atoms with Gasteiger partial charge in [0.2, 0.25) is 5.72 Å². The molecule has 0 aliphatic carbocycles. The second-order valence-corrected chi connectivity index (χ2v) is 7.52. The van der Waals surface area contributed by atoms with Gasteiger partial charge in [-0.25, -0.2) is 4.79 Å². The number of hydrogen-bond donors (Lipinski definition) is 3. The number of aliphatic hydroxyl groups is 1. The van der Waals surface area contributed by atoms with Crippen LogP contribution in [-0.2, 0) is 0 Å². The molecule has 3 atom stereocenters. The maximum Gasteiger partial charge on any atom is 0.437 e. The van der Waals surface area contributed by atoms with Crippen LogP contribution in [0.3, 0.4) is 0 Å². The van der Waals surface area contributed by atoms with Gasteiger partial charge in [-0.3, -0.25) is 14.9 Å². The summed E-state index contributed by atoms with van der Waals surface area (Å²) in [5.74, 6) is -3.77. The van der Waals surface area contributed by atoms with E-state index in [0.29, 0.717) is 0 Å². The number of para-hydroxylation sites is 1. The molecule has 3 aromatic rings. The van der Waals surface area contributed by atoms with E-state index in [2.05, 4.69) is 5.32 Å². The van der Waals surface area contributed by atoms with Crippen LogP contribution in [0.2, 0.25) is 0 Å². The van der Waals surface area contributed by atoms with Crippen LogP contribution in [0, 0.1) is 16.0 Å². The molecule has 176 valence electrons. The summed E-state index contributed by atoms with van der Waals surface area (Å²) >= 11 is 0. The maximum atomic E-state index is 14.0. The van der Waals surface area contributed by atoms with Gasteiger partial charge in [0.1, 0.15) is 23.5 Å². The number of amides is 2. The van der Waals surface area contributed by atoms with E-state index in [-0.39, 0.29) is 28.3 Å². The van der Waals surface area contributed by atoms with E-state index in [1.54, 1.807) is 6.07 Å². The Balaban J connectivity index is 1.83. The van der Waals surface area contributed by atoms with Crippen LogP contribution < -0.4 is 10.6 Å². The Hall–Kier alpha value is -4.19. The van der Waals surface area contributed by atoms with Crippen molar-refractivity contribution < 1.29 is 37.2 Å². The summed E-state index contributed by atoms with van der Waals surface area (Å²) < 4.78 is 47.5. The zero-order chi connectivity index (χ0) is 24.7. The van der Waals surface area contributed by atoms with Crippen LogP contribution in [0.25, 0.3) is 11.3 Å². The highest BCUT2D eigenvalue weighted by molar-refractivity contribution is 6.00. The third-order valence-corrected chi connectivity index (χ3v) is 5.45. The number of benzene rings is 2. The van der Waals surface area contributed by atoms with E-state index in [0.717, 1.165) is 0 Å². The molecule has 2 amide bonds. The molecule has 9 nitrogen and oxygen atoms in total. The Morgan fingerprint density at radius 1 is 1.06 bits per heavy atom. The molecule has 0 unspecified atom stereocenters. The zero-order valence-electron chi connectivity index (χ0n) is 17.1. The highest BCUT2D eigenvalue weighted by Gasteiger charge is 2.66. The number of halogens is 3. The molecule has 1 aliphatic heterocycles. The Labute approximate surface area is 189 Å². The van der Waals surface area contributed by atoms with Crippen LogP contribution in [0.5, 0.6) is 0 Å². The monoisotopic (exact) mass is 475 g/mol. The number of Topliss-reactive ketones (excluding diaryl/α,β-unsaturated/α-hetero) is 1. The van der Waals surface area contributed by atoms with E-state index in [1.165, 1.54) is 66.0 Å². The summed E-state index contributed by atoms with van der Waals surface area (Å²) in [6.45, 7) is 0. The number of hydrogen-bond acceptors (Lipinski definition) is 6. The molecular formula is C22H16F3N3O6. The number of furan rings is 1. The summed E-state index contributed by atoms with van der Waals surface area (Å²) in [5, 5.41) is 25.6. The molecule has 0 saturated carbocycles. The molecule has 1 aromatic heterocycles. The lowest BCUT2D eigenvalue weighted by Gasteiger charge is -2.44. The average molecular weight is 475 g/mol. The van der Waals surface area contributed by atoms with Crippen molar-refractivity contribution >= 4 is 17.5 Å². The van der Waals surface area contributed by atoms with Crippen LogP contribution in [0.4, 0.5) is 23.7 Å². The van der Waals surface area contributed by atoms with Crippen molar-refractivity contribution in [2.45, 2.75) is 17.9 Å². The molecule has 0 bridgehead atoms. The van der Waals surface area contributed by atoms with Crippen LogP contribution in [0.15, 0.2) is 71.1 Å². The summed E-state index contributed by atoms with van der Waals surface area (Å²) in [7, 11) is 0. The third-order valence-electron chi connectivity index (χ3n) is 5.45. The largest absolute Gasteiger partial charge is 0.459 e. The topological polar surface area (TPSA) is 135 Å². The van der Waals surface area contributed by atoms with E-state index in [4.69, 9.17) is 4.42 Å². The van der Waals surface area contributed by atoms with Crippen molar-refractivity contribution in [1.82, 2.24) is 10.6 Å². The number of ketones is 1. The number of urea groups is 1. The first-order valence-corrected chi connectivity index (χ1v) is 9.83. The minimum Gasteiger partial charge on any atom is -0.459 e. The highest BCUT2D eigenvalue weighted by Crippen LogP contribution is 2.45. The maximum absolute atomic E-state index is 14.0. The van der Waals surface area contributed by atoms with Gasteiger partial charge in [0.25, 0.3) is 5.69 Å². The first-order valence-electron chi connectivity index (χ1n) is 9.83. The third kappa shape index (κ3) is 3.88. The number of nitrogens with zero attached hydrogens (tertiary/aromatic N) is 1. The van der Waals surface area contributed by atoms with Gasteiger partial charge in [-0.2, -0.15) is 13.2 Å². The van der Waals surface area contributed by atoms with Gasteiger partial charge < -0.3 is 20.2 Å². The number of rotatable bonds is 5. The summed E-state index contributed by atoms with van der Waals surface area (Å²) in [5.41, 5.74) is -4.33. The van der Waals surface area contributed by atoms with Crippen molar-refractivity contribution in [2.75, 3.05) is 0 Å². The van der Waals surface area contributed by atoms with Gasteiger partial charge in [0, 0.05) is 11.6 Å². The molecule has 34 heavy (non-hydrogen) atoms. The number of nitro groups is 1. The molecule has 1 fully saturated rings. The number of alkyl halides is 3. The summed E-state index contributed by atoms with van der Waals surface area (Å²) in [6.07, 6.45) is -5.42. The normalized spacial score (nSPS) is 22.5. The zero-order valence-corrected chi connectivity index (χ0v) is 17.1. The molecule has 2 aromatic carbocycles. The van der Waals surface area contributed by atoms with Crippen molar-refractivity contribution in [2.24, 2.45) is 5.92 Å². The first kappa shape index (κ1) is 23.0. The van der Waals surface area contributed by atoms with E-state index < -0.39 is 40.6 Å². The first-order chi connectivity index (χ1) is 16.0. The quantitative estimate of drug-likeness (QED) is 0.291. The number of carbonyl (C=O) groups excluding carboxylic acids is 2. The van der Waals surface area contributed by atoms with Gasteiger partial charge in [-0.1, -0.05) is 42.5 Å².